The van der Waals surface area contributed by atoms with Gasteiger partial charge in [-0.3, -0.25) is 9.89 Å². The third-order valence-electron chi connectivity index (χ3n) is 3.41. The minimum atomic E-state index is 0.714. The zero-order chi connectivity index (χ0) is 11.2. The molecule has 1 fully saturated rings. The fraction of sp³-hybridized carbons (Fsp3) is 0.917. The molecule has 2 heterocycles. The van der Waals surface area contributed by atoms with Crippen LogP contribution in [0.15, 0.2) is 4.99 Å². The van der Waals surface area contributed by atoms with Gasteiger partial charge in [0.25, 0.3) is 0 Å². The van der Waals surface area contributed by atoms with Gasteiger partial charge in [-0.25, -0.2) is 0 Å². The van der Waals surface area contributed by atoms with Crippen LogP contribution in [-0.4, -0.2) is 49.6 Å². The molecule has 2 aliphatic heterocycles. The molecule has 2 aliphatic rings. The average Bonchev–Trinajstić information content (AvgIpc) is 2.76. The molecule has 0 aromatic carbocycles. The summed E-state index contributed by atoms with van der Waals surface area (Å²) in [4.78, 5) is 7.04. The van der Waals surface area contributed by atoms with Crippen LogP contribution in [0.2, 0.25) is 0 Å². The molecule has 0 unspecified atom stereocenters. The highest BCUT2D eigenvalue weighted by atomic mass is 15.2. The summed E-state index contributed by atoms with van der Waals surface area (Å²) in [6.45, 7) is 7.86. The van der Waals surface area contributed by atoms with Gasteiger partial charge in [0.2, 0.25) is 0 Å². The van der Waals surface area contributed by atoms with E-state index in [0.29, 0.717) is 6.04 Å². The lowest BCUT2D eigenvalue weighted by Gasteiger charge is -2.25. The Balaban J connectivity index is 1.73. The van der Waals surface area contributed by atoms with E-state index in [2.05, 4.69) is 27.4 Å². The second-order valence-corrected chi connectivity index (χ2v) is 4.72. The number of hydrogen-bond donors (Lipinski definition) is 2. The quantitative estimate of drug-likeness (QED) is 0.742. The number of nitrogens with one attached hydrogen (secondary N) is 2. The molecule has 0 radical (unpaired) electrons. The lowest BCUT2D eigenvalue weighted by atomic mass is 10.2. The molecule has 0 spiro atoms. The van der Waals surface area contributed by atoms with Crippen LogP contribution >= 0.6 is 0 Å². The summed E-state index contributed by atoms with van der Waals surface area (Å²) in [7, 11) is 0. The van der Waals surface area contributed by atoms with E-state index in [1.165, 1.54) is 32.4 Å². The van der Waals surface area contributed by atoms with E-state index in [-0.39, 0.29) is 0 Å². The van der Waals surface area contributed by atoms with Crippen LogP contribution in [0.4, 0.5) is 0 Å². The van der Waals surface area contributed by atoms with Crippen molar-refractivity contribution in [3.63, 3.8) is 0 Å². The molecule has 1 saturated heterocycles. The van der Waals surface area contributed by atoms with Crippen molar-refractivity contribution in [3.05, 3.63) is 0 Å². The van der Waals surface area contributed by atoms with Gasteiger partial charge in [-0.1, -0.05) is 6.92 Å². The van der Waals surface area contributed by atoms with E-state index in [1.54, 1.807) is 0 Å². The summed E-state index contributed by atoms with van der Waals surface area (Å²) in [5.41, 5.74) is 0. The smallest absolute Gasteiger partial charge is 0.191 e. The zero-order valence-electron chi connectivity index (χ0n) is 10.3. The molecular formula is C12H24N4. The van der Waals surface area contributed by atoms with Crippen LogP contribution in [0.3, 0.4) is 0 Å². The summed E-state index contributed by atoms with van der Waals surface area (Å²) in [5.74, 6) is 1.01. The molecule has 4 nitrogen and oxygen atoms in total. The second kappa shape index (κ2) is 6.09. The maximum atomic E-state index is 4.44. The van der Waals surface area contributed by atoms with Crippen LogP contribution in [0.1, 0.15) is 32.6 Å². The summed E-state index contributed by atoms with van der Waals surface area (Å²) in [5, 5.41) is 6.76. The Hall–Kier alpha value is -0.770. The molecule has 1 atom stereocenters. The molecule has 92 valence electrons. The molecule has 0 aliphatic carbocycles. The number of guanidine groups is 1. The maximum absolute atomic E-state index is 4.44. The fourth-order valence-electron chi connectivity index (χ4n) is 2.57. The Bertz CT molecular complexity index is 239. The fourth-order valence-corrected chi connectivity index (χ4v) is 2.57. The predicted molar refractivity (Wildman–Crippen MR) is 67.8 cm³/mol. The van der Waals surface area contributed by atoms with Crippen molar-refractivity contribution in [1.82, 2.24) is 15.5 Å². The molecule has 2 N–H and O–H groups in total. The Morgan fingerprint density at radius 1 is 1.50 bits per heavy atom. The van der Waals surface area contributed by atoms with Crippen LogP contribution in [0.25, 0.3) is 0 Å². The Kier molecular flexibility index (Phi) is 4.45. The van der Waals surface area contributed by atoms with Crippen LogP contribution in [0, 0.1) is 0 Å². The van der Waals surface area contributed by atoms with E-state index in [9.17, 15) is 0 Å². The molecule has 0 aromatic rings. The SMILES string of the molecule is CCCN1CCC[C@H]1CNC1=NCCCN1. The molecular weight excluding hydrogens is 200 g/mol. The highest BCUT2D eigenvalue weighted by molar-refractivity contribution is 5.80. The number of likely N-dealkylation sites (tertiary alicyclic amines) is 1. The topological polar surface area (TPSA) is 39.7 Å². The van der Waals surface area contributed by atoms with Crippen molar-refractivity contribution >= 4 is 5.96 Å². The highest BCUT2D eigenvalue weighted by Crippen LogP contribution is 2.16. The molecule has 4 heteroatoms. The number of hydrogen-bond acceptors (Lipinski definition) is 4. The van der Waals surface area contributed by atoms with Gasteiger partial charge in [0, 0.05) is 25.7 Å². The highest BCUT2D eigenvalue weighted by Gasteiger charge is 2.23. The molecule has 0 saturated carbocycles. The van der Waals surface area contributed by atoms with Gasteiger partial charge in [-0.2, -0.15) is 0 Å². The van der Waals surface area contributed by atoms with Crippen molar-refractivity contribution < 1.29 is 0 Å². The molecule has 2 rings (SSSR count). The van der Waals surface area contributed by atoms with Gasteiger partial charge in [-0.15, -0.1) is 0 Å². The summed E-state index contributed by atoms with van der Waals surface area (Å²) < 4.78 is 0. The van der Waals surface area contributed by atoms with Crippen molar-refractivity contribution in [1.29, 1.82) is 0 Å². The normalized spacial score (nSPS) is 26.3. The van der Waals surface area contributed by atoms with Gasteiger partial charge in [0.05, 0.1) is 0 Å². The first-order valence-electron chi connectivity index (χ1n) is 6.66. The maximum Gasteiger partial charge on any atom is 0.191 e. The van der Waals surface area contributed by atoms with E-state index < -0.39 is 0 Å². The van der Waals surface area contributed by atoms with E-state index in [1.807, 2.05) is 0 Å². The number of aliphatic imine (C=N–C) groups is 1. The van der Waals surface area contributed by atoms with Gasteiger partial charge >= 0.3 is 0 Å². The first kappa shape index (κ1) is 11.7. The first-order valence-corrected chi connectivity index (χ1v) is 6.66. The molecule has 0 bridgehead atoms. The molecule has 16 heavy (non-hydrogen) atoms. The van der Waals surface area contributed by atoms with Crippen molar-refractivity contribution in [3.8, 4) is 0 Å². The lowest BCUT2D eigenvalue weighted by Crippen LogP contribution is -2.46. The van der Waals surface area contributed by atoms with Crippen LogP contribution in [-0.2, 0) is 0 Å². The standard InChI is InChI=1S/C12H24N4/c1-2-8-16-9-3-5-11(16)10-15-12-13-6-4-7-14-12/h11H,2-10H2,1H3,(H2,13,14,15)/t11-/m0/s1. The van der Waals surface area contributed by atoms with E-state index >= 15 is 0 Å². The molecule has 0 aromatic heterocycles. The van der Waals surface area contributed by atoms with E-state index in [0.717, 1.165) is 32.0 Å². The van der Waals surface area contributed by atoms with Gasteiger partial charge in [-0.05, 0) is 38.8 Å². The zero-order valence-corrected chi connectivity index (χ0v) is 10.3. The third kappa shape index (κ3) is 3.11. The van der Waals surface area contributed by atoms with Gasteiger partial charge in [0.15, 0.2) is 5.96 Å². The van der Waals surface area contributed by atoms with Crippen molar-refractivity contribution in [2.45, 2.75) is 38.6 Å². The van der Waals surface area contributed by atoms with E-state index in [4.69, 9.17) is 0 Å². The predicted octanol–water partition coefficient (Wildman–Crippen LogP) is 0.800. The first-order chi connectivity index (χ1) is 7.90. The number of nitrogens with zero attached hydrogens (tertiary/aromatic N) is 2. The Morgan fingerprint density at radius 3 is 3.19 bits per heavy atom. The lowest BCUT2D eigenvalue weighted by molar-refractivity contribution is 0.254. The summed E-state index contributed by atoms with van der Waals surface area (Å²) >= 11 is 0. The largest absolute Gasteiger partial charge is 0.356 e. The van der Waals surface area contributed by atoms with Crippen LogP contribution < -0.4 is 10.6 Å². The van der Waals surface area contributed by atoms with Gasteiger partial charge in [0.1, 0.15) is 0 Å². The number of rotatable bonds is 4. The minimum Gasteiger partial charge on any atom is -0.356 e. The Labute approximate surface area is 98.5 Å². The van der Waals surface area contributed by atoms with Gasteiger partial charge < -0.3 is 10.6 Å². The summed E-state index contributed by atoms with van der Waals surface area (Å²) in [6, 6.07) is 0.714. The Morgan fingerprint density at radius 2 is 2.44 bits per heavy atom. The van der Waals surface area contributed by atoms with Crippen molar-refractivity contribution in [2.75, 3.05) is 32.7 Å². The summed E-state index contributed by atoms with van der Waals surface area (Å²) in [6.07, 6.45) is 5.11. The monoisotopic (exact) mass is 224 g/mol. The molecule has 0 amide bonds. The minimum absolute atomic E-state index is 0.714. The van der Waals surface area contributed by atoms with Crippen molar-refractivity contribution in [2.24, 2.45) is 4.99 Å². The third-order valence-corrected chi connectivity index (χ3v) is 3.41. The second-order valence-electron chi connectivity index (χ2n) is 4.72. The van der Waals surface area contributed by atoms with Crippen LogP contribution in [0.5, 0.6) is 0 Å². The average molecular weight is 224 g/mol.